The van der Waals surface area contributed by atoms with Crippen LogP contribution < -0.4 is 5.32 Å². The lowest BCUT2D eigenvalue weighted by atomic mass is 9.67. The lowest BCUT2D eigenvalue weighted by Gasteiger charge is -2.47. The summed E-state index contributed by atoms with van der Waals surface area (Å²) >= 11 is 2.36. The molecule has 1 atom stereocenters. The van der Waals surface area contributed by atoms with Gasteiger partial charge in [0.05, 0.1) is 5.60 Å². The van der Waals surface area contributed by atoms with Crippen molar-refractivity contribution in [3.63, 3.8) is 0 Å². The van der Waals surface area contributed by atoms with Crippen LogP contribution in [0.2, 0.25) is 0 Å². The average molecular weight is 401 g/mol. The van der Waals surface area contributed by atoms with Gasteiger partial charge in [0.25, 0.3) is 0 Å². The van der Waals surface area contributed by atoms with Crippen molar-refractivity contribution in [2.24, 2.45) is 5.41 Å². The first-order valence-corrected chi connectivity index (χ1v) is 8.95. The third-order valence-electron chi connectivity index (χ3n) is 5.19. The van der Waals surface area contributed by atoms with E-state index in [1.807, 2.05) is 7.11 Å². The summed E-state index contributed by atoms with van der Waals surface area (Å²) in [5.74, 6) is 0. The highest BCUT2D eigenvalue weighted by atomic mass is 127. The largest absolute Gasteiger partial charge is 0.377 e. The highest BCUT2D eigenvalue weighted by Gasteiger charge is 2.43. The Morgan fingerprint density at radius 3 is 2.19 bits per heavy atom. The molecule has 118 valence electrons. The Morgan fingerprint density at radius 2 is 1.71 bits per heavy atom. The molecule has 1 aliphatic carbocycles. The summed E-state index contributed by atoms with van der Waals surface area (Å²) in [6, 6.07) is 9.22. The molecule has 0 radical (unpaired) electrons. The normalized spacial score (nSPS) is 22.0. The van der Waals surface area contributed by atoms with Crippen LogP contribution in [0.15, 0.2) is 24.3 Å². The van der Waals surface area contributed by atoms with Gasteiger partial charge in [-0.3, -0.25) is 0 Å². The van der Waals surface area contributed by atoms with Gasteiger partial charge in [0.15, 0.2) is 0 Å². The molecule has 1 fully saturated rings. The van der Waals surface area contributed by atoms with E-state index in [2.05, 4.69) is 73.1 Å². The van der Waals surface area contributed by atoms with Crippen LogP contribution in [0.1, 0.15) is 45.1 Å². The second-order valence-electron chi connectivity index (χ2n) is 7.10. The quantitative estimate of drug-likeness (QED) is 0.739. The Labute approximate surface area is 143 Å². The third-order valence-corrected chi connectivity index (χ3v) is 5.91. The fourth-order valence-corrected chi connectivity index (χ4v) is 3.81. The maximum absolute atomic E-state index is 6.06. The monoisotopic (exact) mass is 401 g/mol. The van der Waals surface area contributed by atoms with Gasteiger partial charge in [-0.25, -0.2) is 0 Å². The number of hydrogen-bond acceptors (Lipinski definition) is 2. The summed E-state index contributed by atoms with van der Waals surface area (Å²) in [6.07, 6.45) is 5.80. The van der Waals surface area contributed by atoms with E-state index < -0.39 is 0 Å². The molecule has 2 rings (SSSR count). The smallest absolute Gasteiger partial charge is 0.0834 e. The number of benzene rings is 1. The van der Waals surface area contributed by atoms with Crippen LogP contribution in [0.5, 0.6) is 0 Å². The number of likely N-dealkylation sites (N-methyl/N-ethyl adjacent to an activating group) is 1. The molecule has 0 heterocycles. The Morgan fingerprint density at radius 1 is 1.14 bits per heavy atom. The number of hydrogen-bond donors (Lipinski definition) is 1. The van der Waals surface area contributed by atoms with Gasteiger partial charge in [0.2, 0.25) is 0 Å². The summed E-state index contributed by atoms with van der Waals surface area (Å²) in [7, 11) is 3.95. The maximum Gasteiger partial charge on any atom is 0.0834 e. The number of nitrogens with one attached hydrogen (secondary N) is 1. The number of rotatable bonds is 5. The minimum Gasteiger partial charge on any atom is -0.377 e. The zero-order chi connectivity index (χ0) is 15.5. The molecule has 0 bridgehead atoms. The van der Waals surface area contributed by atoms with Gasteiger partial charge in [-0.1, -0.05) is 26.0 Å². The molecule has 1 aliphatic rings. The summed E-state index contributed by atoms with van der Waals surface area (Å²) in [5.41, 5.74) is 1.83. The van der Waals surface area contributed by atoms with Gasteiger partial charge in [0, 0.05) is 16.7 Å². The number of ether oxygens (including phenoxy) is 1. The summed E-state index contributed by atoms with van der Waals surface area (Å²) in [4.78, 5) is 0. The van der Waals surface area contributed by atoms with Crippen molar-refractivity contribution < 1.29 is 4.74 Å². The molecule has 1 aromatic rings. The van der Waals surface area contributed by atoms with Crippen molar-refractivity contribution in [2.45, 2.75) is 57.6 Å². The van der Waals surface area contributed by atoms with Gasteiger partial charge in [0.1, 0.15) is 0 Å². The molecule has 1 aromatic carbocycles. The van der Waals surface area contributed by atoms with Crippen LogP contribution in [-0.4, -0.2) is 25.8 Å². The SMILES string of the molecule is CNC(Cc1ccc(I)cc1)C1(OC)CCC(C)(C)CC1. The highest BCUT2D eigenvalue weighted by molar-refractivity contribution is 14.1. The molecular formula is C18H28INO. The topological polar surface area (TPSA) is 21.3 Å². The first-order valence-electron chi connectivity index (χ1n) is 7.88. The van der Waals surface area contributed by atoms with E-state index in [0.29, 0.717) is 11.5 Å². The molecule has 1 N–H and O–H groups in total. The second-order valence-corrected chi connectivity index (χ2v) is 8.35. The average Bonchev–Trinajstić information content (AvgIpc) is 2.48. The van der Waals surface area contributed by atoms with Crippen molar-refractivity contribution in [2.75, 3.05) is 14.2 Å². The maximum atomic E-state index is 6.06. The van der Waals surface area contributed by atoms with Crippen LogP contribution in [0.4, 0.5) is 0 Å². The highest BCUT2D eigenvalue weighted by Crippen LogP contribution is 2.43. The van der Waals surface area contributed by atoms with Crippen LogP contribution in [0.3, 0.4) is 0 Å². The standard InChI is InChI=1S/C18H28INO/c1-17(2)9-11-18(21-4,12-10-17)16(20-3)13-14-5-7-15(19)8-6-14/h5-8,16,20H,9-13H2,1-4H3. The van der Waals surface area contributed by atoms with Crippen LogP contribution in [0, 0.1) is 8.99 Å². The first kappa shape index (κ1) is 17.2. The van der Waals surface area contributed by atoms with Gasteiger partial charge in [-0.15, -0.1) is 0 Å². The molecule has 21 heavy (non-hydrogen) atoms. The predicted molar refractivity (Wildman–Crippen MR) is 97.7 cm³/mol. The lowest BCUT2D eigenvalue weighted by Crippen LogP contribution is -2.54. The van der Waals surface area contributed by atoms with Crippen molar-refractivity contribution in [3.8, 4) is 0 Å². The minimum atomic E-state index is -0.0206. The van der Waals surface area contributed by atoms with E-state index in [0.717, 1.165) is 19.3 Å². The molecule has 0 amide bonds. The zero-order valence-electron chi connectivity index (χ0n) is 13.7. The van der Waals surface area contributed by atoms with Gasteiger partial charge >= 0.3 is 0 Å². The molecule has 0 spiro atoms. The summed E-state index contributed by atoms with van der Waals surface area (Å²) < 4.78 is 7.35. The Bertz CT molecular complexity index is 445. The van der Waals surface area contributed by atoms with E-state index in [-0.39, 0.29) is 5.60 Å². The molecule has 1 unspecified atom stereocenters. The fourth-order valence-electron chi connectivity index (χ4n) is 3.45. The molecule has 3 heteroatoms. The van der Waals surface area contributed by atoms with Crippen LogP contribution in [0.25, 0.3) is 0 Å². The fraction of sp³-hybridized carbons (Fsp3) is 0.667. The molecule has 1 saturated carbocycles. The van der Waals surface area contributed by atoms with E-state index in [9.17, 15) is 0 Å². The Kier molecular flexibility index (Phi) is 5.71. The molecular weight excluding hydrogens is 373 g/mol. The second kappa shape index (κ2) is 6.97. The summed E-state index contributed by atoms with van der Waals surface area (Å²) in [5, 5.41) is 3.53. The molecule has 0 aliphatic heterocycles. The number of halogens is 1. The first-order chi connectivity index (χ1) is 9.91. The molecule has 0 saturated heterocycles. The van der Waals surface area contributed by atoms with Gasteiger partial charge in [-0.2, -0.15) is 0 Å². The van der Waals surface area contributed by atoms with Crippen molar-refractivity contribution in [3.05, 3.63) is 33.4 Å². The predicted octanol–water partition coefficient (Wildman–Crippen LogP) is 4.41. The lowest BCUT2D eigenvalue weighted by molar-refractivity contribution is -0.0847. The zero-order valence-corrected chi connectivity index (χ0v) is 15.9. The Hall–Kier alpha value is -0.130. The van der Waals surface area contributed by atoms with E-state index in [1.54, 1.807) is 0 Å². The van der Waals surface area contributed by atoms with Gasteiger partial charge in [-0.05, 0) is 84.9 Å². The van der Waals surface area contributed by atoms with Crippen LogP contribution >= 0.6 is 22.6 Å². The van der Waals surface area contributed by atoms with Crippen LogP contribution in [-0.2, 0) is 11.2 Å². The Balaban J connectivity index is 2.12. The van der Waals surface area contributed by atoms with Crippen molar-refractivity contribution in [1.82, 2.24) is 5.32 Å². The molecule has 2 nitrogen and oxygen atoms in total. The van der Waals surface area contributed by atoms with Crippen molar-refractivity contribution in [1.29, 1.82) is 0 Å². The third kappa shape index (κ3) is 4.20. The van der Waals surface area contributed by atoms with E-state index in [4.69, 9.17) is 4.74 Å². The minimum absolute atomic E-state index is 0.0206. The summed E-state index contributed by atoms with van der Waals surface area (Å²) in [6.45, 7) is 4.75. The van der Waals surface area contributed by atoms with Gasteiger partial charge < -0.3 is 10.1 Å². The van der Waals surface area contributed by atoms with E-state index in [1.165, 1.54) is 22.0 Å². The number of methoxy groups -OCH3 is 1. The van der Waals surface area contributed by atoms with Crippen molar-refractivity contribution >= 4 is 22.6 Å². The molecule has 0 aromatic heterocycles. The van der Waals surface area contributed by atoms with E-state index >= 15 is 0 Å².